The number of ether oxygens (including phenoxy) is 1. The highest BCUT2D eigenvalue weighted by Gasteiger charge is 2.20. The number of methoxy groups -OCH3 is 1. The van der Waals surface area contributed by atoms with Crippen molar-refractivity contribution in [3.05, 3.63) is 35.9 Å². The van der Waals surface area contributed by atoms with Gasteiger partial charge in [-0.1, -0.05) is 43.2 Å². The molecule has 2 N–H and O–H groups in total. The Morgan fingerprint density at radius 2 is 1.94 bits per heavy atom. The molecule has 0 saturated carbocycles. The third-order valence-corrected chi connectivity index (χ3v) is 2.88. The van der Waals surface area contributed by atoms with Gasteiger partial charge in [-0.2, -0.15) is 0 Å². The molecule has 0 aliphatic carbocycles. The second-order valence-corrected chi connectivity index (χ2v) is 4.12. The van der Waals surface area contributed by atoms with Crippen LogP contribution < -0.4 is 5.73 Å². The van der Waals surface area contributed by atoms with E-state index in [0.29, 0.717) is 6.54 Å². The summed E-state index contributed by atoms with van der Waals surface area (Å²) in [6.07, 6.45) is 3.92. The van der Waals surface area contributed by atoms with Crippen molar-refractivity contribution in [3.63, 3.8) is 0 Å². The van der Waals surface area contributed by atoms with Crippen molar-refractivity contribution in [1.82, 2.24) is 0 Å². The van der Waals surface area contributed by atoms with Crippen LogP contribution in [0, 0.1) is 0 Å². The maximum Gasteiger partial charge on any atom is 0.313 e. The lowest BCUT2D eigenvalue weighted by atomic mass is 9.93. The van der Waals surface area contributed by atoms with Gasteiger partial charge < -0.3 is 10.5 Å². The van der Waals surface area contributed by atoms with Crippen molar-refractivity contribution in [2.45, 2.75) is 31.6 Å². The fraction of sp³-hybridized carbons (Fsp3) is 0.500. The Bertz CT molecular complexity index is 324. The maximum absolute atomic E-state index is 11.7. The highest BCUT2D eigenvalue weighted by atomic mass is 16.5. The van der Waals surface area contributed by atoms with Gasteiger partial charge in [-0.15, -0.1) is 0 Å². The molecule has 17 heavy (non-hydrogen) atoms. The van der Waals surface area contributed by atoms with Crippen molar-refractivity contribution in [2.24, 2.45) is 5.73 Å². The zero-order valence-corrected chi connectivity index (χ0v) is 10.4. The van der Waals surface area contributed by atoms with Crippen LogP contribution in [0.5, 0.6) is 0 Å². The summed E-state index contributed by atoms with van der Waals surface area (Å²) < 4.78 is 4.86. The fourth-order valence-electron chi connectivity index (χ4n) is 1.92. The highest BCUT2D eigenvalue weighted by Crippen LogP contribution is 2.23. The average molecular weight is 235 g/mol. The van der Waals surface area contributed by atoms with E-state index in [1.165, 1.54) is 7.11 Å². The van der Waals surface area contributed by atoms with Gasteiger partial charge in [0, 0.05) is 0 Å². The number of unbranched alkanes of at least 4 members (excludes halogenated alkanes) is 2. The minimum absolute atomic E-state index is 0.140. The Kier molecular flexibility index (Phi) is 6.33. The van der Waals surface area contributed by atoms with Crippen molar-refractivity contribution in [1.29, 1.82) is 0 Å². The van der Waals surface area contributed by atoms with Gasteiger partial charge >= 0.3 is 5.97 Å². The van der Waals surface area contributed by atoms with E-state index in [1.54, 1.807) is 0 Å². The first-order chi connectivity index (χ1) is 8.29. The Morgan fingerprint density at radius 1 is 1.24 bits per heavy atom. The third kappa shape index (κ3) is 4.57. The first-order valence-electron chi connectivity index (χ1n) is 6.12. The van der Waals surface area contributed by atoms with Crippen LogP contribution in [0.4, 0.5) is 0 Å². The summed E-state index contributed by atoms with van der Waals surface area (Å²) in [4.78, 5) is 11.7. The van der Waals surface area contributed by atoms with Crippen LogP contribution in [0.25, 0.3) is 0 Å². The van der Waals surface area contributed by atoms with Crippen LogP contribution in [0.15, 0.2) is 30.3 Å². The number of hydrogen-bond acceptors (Lipinski definition) is 3. The lowest BCUT2D eigenvalue weighted by Crippen LogP contribution is -2.14. The Labute approximate surface area is 103 Å². The van der Waals surface area contributed by atoms with E-state index >= 15 is 0 Å². The minimum Gasteiger partial charge on any atom is -0.469 e. The number of rotatable bonds is 7. The smallest absolute Gasteiger partial charge is 0.313 e. The molecule has 1 aromatic carbocycles. The second-order valence-electron chi connectivity index (χ2n) is 4.12. The molecule has 3 nitrogen and oxygen atoms in total. The largest absolute Gasteiger partial charge is 0.469 e. The predicted octanol–water partition coefficient (Wildman–Crippen LogP) is 2.46. The van der Waals surface area contributed by atoms with E-state index in [1.807, 2.05) is 30.3 Å². The van der Waals surface area contributed by atoms with E-state index in [9.17, 15) is 4.79 Å². The first-order valence-corrected chi connectivity index (χ1v) is 6.12. The minimum atomic E-state index is -0.149. The summed E-state index contributed by atoms with van der Waals surface area (Å²) in [6, 6.07) is 9.80. The molecule has 0 aliphatic rings. The molecule has 0 spiro atoms. The Hall–Kier alpha value is -1.35. The summed E-state index contributed by atoms with van der Waals surface area (Å²) in [6.45, 7) is 0.716. The van der Waals surface area contributed by atoms with Gasteiger partial charge in [0.15, 0.2) is 0 Å². The molecule has 0 aromatic heterocycles. The van der Waals surface area contributed by atoms with Crippen LogP contribution >= 0.6 is 0 Å². The number of benzene rings is 1. The van der Waals surface area contributed by atoms with Crippen LogP contribution in [0.3, 0.4) is 0 Å². The lowest BCUT2D eigenvalue weighted by Gasteiger charge is -2.14. The molecule has 0 amide bonds. The molecule has 3 heteroatoms. The van der Waals surface area contributed by atoms with Gasteiger partial charge in [0.2, 0.25) is 0 Å². The van der Waals surface area contributed by atoms with Gasteiger partial charge in [0.05, 0.1) is 13.0 Å². The molecule has 94 valence electrons. The monoisotopic (exact) mass is 235 g/mol. The molecule has 0 bridgehead atoms. The fourth-order valence-corrected chi connectivity index (χ4v) is 1.92. The van der Waals surface area contributed by atoms with Crippen molar-refractivity contribution < 1.29 is 9.53 Å². The van der Waals surface area contributed by atoms with Crippen LogP contribution in [-0.4, -0.2) is 19.6 Å². The van der Waals surface area contributed by atoms with Crippen LogP contribution in [0.2, 0.25) is 0 Å². The standard InChI is InChI=1S/C14H21NO2/c1-17-14(16)13(10-6-3-7-11-15)12-8-4-2-5-9-12/h2,4-5,8-9,13H,3,6-7,10-11,15H2,1H3. The summed E-state index contributed by atoms with van der Waals surface area (Å²) >= 11 is 0. The second kappa shape index (κ2) is 7.85. The molecular weight excluding hydrogens is 214 g/mol. The number of carbonyl (C=O) groups excluding carboxylic acids is 1. The van der Waals surface area contributed by atoms with E-state index in [2.05, 4.69) is 0 Å². The normalized spacial score (nSPS) is 12.1. The molecule has 0 heterocycles. The Balaban J connectivity index is 2.59. The Morgan fingerprint density at radius 3 is 2.53 bits per heavy atom. The highest BCUT2D eigenvalue weighted by molar-refractivity contribution is 5.77. The molecule has 1 aromatic rings. The zero-order valence-electron chi connectivity index (χ0n) is 10.4. The van der Waals surface area contributed by atoms with Gasteiger partial charge in [-0.05, 0) is 24.9 Å². The van der Waals surface area contributed by atoms with Gasteiger partial charge in [-0.3, -0.25) is 4.79 Å². The SMILES string of the molecule is COC(=O)C(CCCCCN)c1ccccc1. The number of carbonyl (C=O) groups is 1. The van der Waals surface area contributed by atoms with Crippen LogP contribution in [-0.2, 0) is 9.53 Å². The molecular formula is C14H21NO2. The number of esters is 1. The molecule has 1 rings (SSSR count). The quantitative estimate of drug-likeness (QED) is 0.583. The van der Waals surface area contributed by atoms with Crippen LogP contribution in [0.1, 0.15) is 37.2 Å². The number of hydrogen-bond donors (Lipinski definition) is 1. The van der Waals surface area contributed by atoms with E-state index in [4.69, 9.17) is 10.5 Å². The van der Waals surface area contributed by atoms with E-state index in [0.717, 1.165) is 31.2 Å². The number of nitrogens with two attached hydrogens (primary N) is 1. The molecule has 0 radical (unpaired) electrons. The van der Waals surface area contributed by atoms with Gasteiger partial charge in [-0.25, -0.2) is 0 Å². The molecule has 0 saturated heterocycles. The summed E-state index contributed by atoms with van der Waals surface area (Å²) in [5.74, 6) is -0.289. The summed E-state index contributed by atoms with van der Waals surface area (Å²) in [5.41, 5.74) is 6.49. The molecule has 1 unspecified atom stereocenters. The maximum atomic E-state index is 11.7. The topological polar surface area (TPSA) is 52.3 Å². The molecule has 0 aliphatic heterocycles. The van der Waals surface area contributed by atoms with E-state index in [-0.39, 0.29) is 11.9 Å². The average Bonchev–Trinajstić information content (AvgIpc) is 2.39. The summed E-state index contributed by atoms with van der Waals surface area (Å²) in [7, 11) is 1.44. The third-order valence-electron chi connectivity index (χ3n) is 2.88. The van der Waals surface area contributed by atoms with Gasteiger partial charge in [0.1, 0.15) is 0 Å². The zero-order chi connectivity index (χ0) is 12.5. The predicted molar refractivity (Wildman–Crippen MR) is 68.7 cm³/mol. The molecule has 1 atom stereocenters. The lowest BCUT2D eigenvalue weighted by molar-refractivity contribution is -0.142. The summed E-state index contributed by atoms with van der Waals surface area (Å²) in [5, 5.41) is 0. The molecule has 0 fully saturated rings. The van der Waals surface area contributed by atoms with Crippen molar-refractivity contribution in [2.75, 3.05) is 13.7 Å². The first kappa shape index (κ1) is 13.7. The van der Waals surface area contributed by atoms with E-state index < -0.39 is 0 Å². The van der Waals surface area contributed by atoms with Crippen molar-refractivity contribution >= 4 is 5.97 Å². The van der Waals surface area contributed by atoms with Gasteiger partial charge in [0.25, 0.3) is 0 Å². The van der Waals surface area contributed by atoms with Crippen molar-refractivity contribution in [3.8, 4) is 0 Å².